The topological polar surface area (TPSA) is 51.8 Å². The Hall–Kier alpha value is -1.47. The van der Waals surface area contributed by atoms with Gasteiger partial charge < -0.3 is 5.73 Å². The van der Waals surface area contributed by atoms with E-state index in [9.17, 15) is 13.2 Å². The van der Waals surface area contributed by atoms with Gasteiger partial charge in [-0.15, -0.1) is 5.10 Å². The summed E-state index contributed by atoms with van der Waals surface area (Å²) in [6.45, 7) is 1.73. The fraction of sp³-hybridized carbons (Fsp3) is 0.273. The molecule has 1 aromatic heterocycles. The fourth-order valence-corrected chi connectivity index (χ4v) is 2.26. The number of nitrogens with zero attached hydrogens (tertiary/aromatic N) is 2. The Morgan fingerprint density at radius 1 is 1.33 bits per heavy atom. The number of nitrogens with two attached hydrogens (primary N) is 1. The van der Waals surface area contributed by atoms with Crippen LogP contribution in [0.3, 0.4) is 0 Å². The fourth-order valence-electron chi connectivity index (χ4n) is 1.58. The maximum Gasteiger partial charge on any atom is 0.416 e. The van der Waals surface area contributed by atoms with Gasteiger partial charge in [0.2, 0.25) is 0 Å². The second-order valence-electron chi connectivity index (χ2n) is 3.82. The summed E-state index contributed by atoms with van der Waals surface area (Å²) in [5, 5.41) is 3.80. The minimum atomic E-state index is -4.36. The van der Waals surface area contributed by atoms with Crippen molar-refractivity contribution >= 4 is 11.5 Å². The molecule has 0 amide bonds. The summed E-state index contributed by atoms with van der Waals surface area (Å²) in [4.78, 5) is 0.675. The van der Waals surface area contributed by atoms with E-state index in [1.807, 2.05) is 0 Å². The van der Waals surface area contributed by atoms with Gasteiger partial charge in [-0.05, 0) is 36.2 Å². The Labute approximate surface area is 106 Å². The Morgan fingerprint density at radius 2 is 2.06 bits per heavy atom. The predicted molar refractivity (Wildman–Crippen MR) is 62.1 cm³/mol. The van der Waals surface area contributed by atoms with E-state index in [-0.39, 0.29) is 0 Å². The average molecular weight is 273 g/mol. The van der Waals surface area contributed by atoms with Crippen LogP contribution in [-0.4, -0.2) is 9.59 Å². The third kappa shape index (κ3) is 2.51. The highest BCUT2D eigenvalue weighted by molar-refractivity contribution is 7.05. The number of aromatic nitrogens is 2. The van der Waals surface area contributed by atoms with Crippen LogP contribution >= 0.6 is 11.5 Å². The minimum Gasteiger partial charge on any atom is -0.320 e. The molecule has 2 rings (SSSR count). The van der Waals surface area contributed by atoms with Gasteiger partial charge in [-0.3, -0.25) is 0 Å². The smallest absolute Gasteiger partial charge is 0.320 e. The molecule has 0 aliphatic rings. The van der Waals surface area contributed by atoms with E-state index in [0.29, 0.717) is 16.1 Å². The van der Waals surface area contributed by atoms with E-state index < -0.39 is 17.8 Å². The van der Waals surface area contributed by atoms with Crippen LogP contribution < -0.4 is 5.73 Å². The lowest BCUT2D eigenvalue weighted by Gasteiger charge is -2.13. The minimum absolute atomic E-state index is 0.402. The molecule has 0 fully saturated rings. The van der Waals surface area contributed by atoms with E-state index in [1.54, 1.807) is 13.0 Å². The molecule has 7 heteroatoms. The lowest BCUT2D eigenvalue weighted by atomic mass is 10.0. The SMILES string of the molecule is Cc1nnsc1C(N)c1cccc(C(F)(F)F)c1. The van der Waals surface area contributed by atoms with Crippen LogP contribution in [0.15, 0.2) is 24.3 Å². The van der Waals surface area contributed by atoms with E-state index in [4.69, 9.17) is 5.73 Å². The molecule has 0 saturated carbocycles. The third-order valence-electron chi connectivity index (χ3n) is 2.54. The Bertz CT molecular complexity index is 550. The van der Waals surface area contributed by atoms with E-state index in [1.165, 1.54) is 6.07 Å². The Balaban J connectivity index is 2.38. The van der Waals surface area contributed by atoms with Gasteiger partial charge in [0.25, 0.3) is 0 Å². The summed E-state index contributed by atoms with van der Waals surface area (Å²) in [5.74, 6) is 0. The molecule has 1 atom stereocenters. The van der Waals surface area contributed by atoms with Crippen molar-refractivity contribution in [2.75, 3.05) is 0 Å². The molecule has 0 saturated heterocycles. The molecule has 0 bridgehead atoms. The first-order chi connectivity index (χ1) is 8.39. The van der Waals surface area contributed by atoms with Crippen LogP contribution in [-0.2, 0) is 6.18 Å². The molecule has 0 aliphatic heterocycles. The summed E-state index contributed by atoms with van der Waals surface area (Å²) < 4.78 is 41.5. The van der Waals surface area contributed by atoms with Crippen LogP contribution in [0.5, 0.6) is 0 Å². The Kier molecular flexibility index (Phi) is 3.36. The number of hydrogen-bond donors (Lipinski definition) is 1. The summed E-state index contributed by atoms with van der Waals surface area (Å²) in [6, 6.07) is 4.37. The third-order valence-corrected chi connectivity index (χ3v) is 3.45. The first kappa shape index (κ1) is 13.0. The van der Waals surface area contributed by atoms with Crippen molar-refractivity contribution in [3.05, 3.63) is 46.0 Å². The number of hydrogen-bond acceptors (Lipinski definition) is 4. The monoisotopic (exact) mass is 273 g/mol. The molecule has 2 N–H and O–H groups in total. The lowest BCUT2D eigenvalue weighted by Crippen LogP contribution is -2.13. The van der Waals surface area contributed by atoms with Crippen LogP contribution in [0.2, 0.25) is 0 Å². The largest absolute Gasteiger partial charge is 0.416 e. The summed E-state index contributed by atoms with van der Waals surface area (Å²) >= 11 is 1.10. The maximum absolute atomic E-state index is 12.6. The first-order valence-electron chi connectivity index (χ1n) is 5.11. The molecule has 1 aromatic carbocycles. The second kappa shape index (κ2) is 4.66. The number of rotatable bonds is 2. The molecule has 2 aromatic rings. The highest BCUT2D eigenvalue weighted by Gasteiger charge is 2.31. The quantitative estimate of drug-likeness (QED) is 0.915. The van der Waals surface area contributed by atoms with Crippen molar-refractivity contribution in [1.82, 2.24) is 9.59 Å². The molecule has 1 heterocycles. The molecule has 0 radical (unpaired) electrons. The predicted octanol–water partition coefficient (Wildman–Crippen LogP) is 2.91. The van der Waals surface area contributed by atoms with Gasteiger partial charge in [-0.25, -0.2) is 0 Å². The van der Waals surface area contributed by atoms with Crippen molar-refractivity contribution < 1.29 is 13.2 Å². The molecular weight excluding hydrogens is 263 g/mol. The second-order valence-corrected chi connectivity index (χ2v) is 4.61. The van der Waals surface area contributed by atoms with Crippen LogP contribution in [0.4, 0.5) is 13.2 Å². The summed E-state index contributed by atoms with van der Waals surface area (Å²) in [6.07, 6.45) is -4.36. The van der Waals surface area contributed by atoms with Crippen molar-refractivity contribution in [3.63, 3.8) is 0 Å². The van der Waals surface area contributed by atoms with Crippen LogP contribution in [0, 0.1) is 6.92 Å². The van der Waals surface area contributed by atoms with Gasteiger partial charge in [-0.2, -0.15) is 13.2 Å². The van der Waals surface area contributed by atoms with Crippen LogP contribution in [0.1, 0.15) is 27.7 Å². The standard InChI is InChI=1S/C11H10F3N3S/c1-6-10(18-17-16-6)9(15)7-3-2-4-8(5-7)11(12,13)14/h2-5,9H,15H2,1H3. The van der Waals surface area contributed by atoms with Crippen molar-refractivity contribution in [3.8, 4) is 0 Å². The van der Waals surface area contributed by atoms with Crippen molar-refractivity contribution in [1.29, 1.82) is 0 Å². The molecule has 0 aliphatic carbocycles. The van der Waals surface area contributed by atoms with Gasteiger partial charge in [0.05, 0.1) is 22.2 Å². The van der Waals surface area contributed by atoms with Gasteiger partial charge in [-0.1, -0.05) is 16.6 Å². The first-order valence-corrected chi connectivity index (χ1v) is 5.88. The number of benzene rings is 1. The average Bonchev–Trinajstić information content (AvgIpc) is 2.73. The van der Waals surface area contributed by atoms with Gasteiger partial charge in [0.15, 0.2) is 0 Å². The lowest BCUT2D eigenvalue weighted by molar-refractivity contribution is -0.137. The zero-order valence-corrected chi connectivity index (χ0v) is 10.2. The molecule has 1 unspecified atom stereocenters. The Morgan fingerprint density at radius 3 is 2.61 bits per heavy atom. The number of aryl methyl sites for hydroxylation is 1. The normalized spacial score (nSPS) is 13.6. The van der Waals surface area contributed by atoms with E-state index >= 15 is 0 Å². The van der Waals surface area contributed by atoms with Crippen molar-refractivity contribution in [2.24, 2.45) is 5.73 Å². The molecular formula is C11H10F3N3S. The molecule has 0 spiro atoms. The highest BCUT2D eigenvalue weighted by atomic mass is 32.1. The van der Waals surface area contributed by atoms with Crippen molar-refractivity contribution in [2.45, 2.75) is 19.1 Å². The number of halogens is 3. The van der Waals surface area contributed by atoms with E-state index in [2.05, 4.69) is 9.59 Å². The van der Waals surface area contributed by atoms with Gasteiger partial charge in [0.1, 0.15) is 0 Å². The number of alkyl halides is 3. The summed E-state index contributed by atoms with van der Waals surface area (Å²) in [7, 11) is 0. The highest BCUT2D eigenvalue weighted by Crippen LogP contribution is 2.32. The van der Waals surface area contributed by atoms with Gasteiger partial charge in [0, 0.05) is 0 Å². The maximum atomic E-state index is 12.6. The molecule has 18 heavy (non-hydrogen) atoms. The van der Waals surface area contributed by atoms with E-state index in [0.717, 1.165) is 23.7 Å². The summed E-state index contributed by atoms with van der Waals surface area (Å²) in [5.41, 5.74) is 6.28. The molecule has 3 nitrogen and oxygen atoms in total. The van der Waals surface area contributed by atoms with Gasteiger partial charge >= 0.3 is 6.18 Å². The molecule has 96 valence electrons. The van der Waals surface area contributed by atoms with Crippen LogP contribution in [0.25, 0.3) is 0 Å². The zero-order valence-electron chi connectivity index (χ0n) is 9.40. The zero-order chi connectivity index (χ0) is 13.3.